The molecule has 1 saturated heterocycles. The Morgan fingerprint density at radius 1 is 1.10 bits per heavy atom. The Morgan fingerprint density at radius 2 is 1.71 bits per heavy atom. The van der Waals surface area contributed by atoms with Crippen LogP contribution in [0.25, 0.3) is 0 Å². The summed E-state index contributed by atoms with van der Waals surface area (Å²) in [6.07, 6.45) is 3.58. The summed E-state index contributed by atoms with van der Waals surface area (Å²) in [6, 6.07) is 0. The van der Waals surface area contributed by atoms with Crippen LogP contribution in [0.4, 0.5) is 17.8 Å². The Labute approximate surface area is 127 Å². The Hall–Kier alpha value is -1.59. The first-order valence-electron chi connectivity index (χ1n) is 8.02. The minimum absolute atomic E-state index is 0.311. The molecule has 0 atom stereocenters. The molecule has 0 radical (unpaired) electrons. The molecule has 0 spiro atoms. The van der Waals surface area contributed by atoms with Gasteiger partial charge in [-0.05, 0) is 32.1 Å². The van der Waals surface area contributed by atoms with E-state index in [-0.39, 0.29) is 0 Å². The van der Waals surface area contributed by atoms with Crippen molar-refractivity contribution >= 4 is 17.8 Å². The monoisotopic (exact) mass is 292 g/mol. The van der Waals surface area contributed by atoms with E-state index >= 15 is 0 Å². The van der Waals surface area contributed by atoms with Gasteiger partial charge in [-0.2, -0.15) is 15.0 Å². The highest BCUT2D eigenvalue weighted by atomic mass is 15.3. The smallest absolute Gasteiger partial charge is 0.231 e. The quantitative estimate of drug-likeness (QED) is 0.898. The third kappa shape index (κ3) is 3.54. The maximum Gasteiger partial charge on any atom is 0.231 e. The van der Waals surface area contributed by atoms with E-state index < -0.39 is 0 Å². The maximum atomic E-state index is 5.88. The number of nitrogen functional groups attached to an aromatic ring is 1. The van der Waals surface area contributed by atoms with E-state index in [1.807, 2.05) is 0 Å². The molecule has 0 bridgehead atoms. The molecular weight excluding hydrogens is 264 g/mol. The van der Waals surface area contributed by atoms with Crippen LogP contribution in [0, 0.1) is 5.41 Å². The second-order valence-electron chi connectivity index (χ2n) is 6.12. The zero-order valence-corrected chi connectivity index (χ0v) is 13.8. The predicted molar refractivity (Wildman–Crippen MR) is 87.6 cm³/mol. The molecule has 1 fully saturated rings. The zero-order valence-electron chi connectivity index (χ0n) is 13.8. The molecule has 2 heterocycles. The van der Waals surface area contributed by atoms with Crippen LogP contribution >= 0.6 is 0 Å². The lowest BCUT2D eigenvalue weighted by Gasteiger charge is -2.39. The molecule has 1 aliphatic rings. The van der Waals surface area contributed by atoms with E-state index in [0.29, 0.717) is 17.3 Å². The minimum atomic E-state index is 0.311. The topological polar surface area (TPSA) is 71.2 Å². The van der Waals surface area contributed by atoms with Crippen LogP contribution < -0.4 is 15.5 Å². The number of nitrogens with two attached hydrogens (primary N) is 1. The van der Waals surface area contributed by atoms with Gasteiger partial charge in [0.15, 0.2) is 0 Å². The highest BCUT2D eigenvalue weighted by Gasteiger charge is 2.29. The van der Waals surface area contributed by atoms with Gasteiger partial charge in [-0.3, -0.25) is 0 Å². The third-order valence-corrected chi connectivity index (χ3v) is 4.78. The van der Waals surface area contributed by atoms with Crippen LogP contribution in [0.15, 0.2) is 0 Å². The summed E-state index contributed by atoms with van der Waals surface area (Å²) in [7, 11) is 0. The molecule has 0 amide bonds. The molecule has 2 rings (SSSR count). The summed E-state index contributed by atoms with van der Waals surface area (Å²) in [5, 5.41) is 0. The summed E-state index contributed by atoms with van der Waals surface area (Å²) >= 11 is 0. The first kappa shape index (κ1) is 15.8. The molecule has 1 aromatic rings. The molecule has 6 heteroatoms. The van der Waals surface area contributed by atoms with Gasteiger partial charge in [0.25, 0.3) is 0 Å². The van der Waals surface area contributed by atoms with Crippen LogP contribution in [0.1, 0.15) is 47.0 Å². The molecule has 0 aliphatic carbocycles. The Balaban J connectivity index is 2.17. The maximum absolute atomic E-state index is 5.88. The van der Waals surface area contributed by atoms with Crippen LogP contribution in [0.5, 0.6) is 0 Å². The fourth-order valence-electron chi connectivity index (χ4n) is 2.76. The van der Waals surface area contributed by atoms with Gasteiger partial charge in [0.05, 0.1) is 0 Å². The Bertz CT molecular complexity index is 463. The molecule has 1 aliphatic heterocycles. The summed E-state index contributed by atoms with van der Waals surface area (Å²) < 4.78 is 0. The van der Waals surface area contributed by atoms with Gasteiger partial charge in [0.2, 0.25) is 17.8 Å². The zero-order chi connectivity index (χ0) is 15.5. The highest BCUT2D eigenvalue weighted by molar-refractivity contribution is 5.43. The average molecular weight is 292 g/mol. The largest absolute Gasteiger partial charge is 0.368 e. The van der Waals surface area contributed by atoms with Crippen molar-refractivity contribution in [1.29, 1.82) is 0 Å². The number of rotatable bonds is 5. The third-order valence-electron chi connectivity index (χ3n) is 4.78. The lowest BCUT2D eigenvalue weighted by Crippen LogP contribution is -2.39. The fourth-order valence-corrected chi connectivity index (χ4v) is 2.76. The summed E-state index contributed by atoms with van der Waals surface area (Å²) in [6.45, 7) is 12.5. The first-order valence-corrected chi connectivity index (χ1v) is 8.02. The van der Waals surface area contributed by atoms with Crippen molar-refractivity contribution in [2.24, 2.45) is 5.41 Å². The van der Waals surface area contributed by atoms with Crippen molar-refractivity contribution in [3.8, 4) is 0 Å². The van der Waals surface area contributed by atoms with E-state index in [1.54, 1.807) is 0 Å². The fraction of sp³-hybridized carbons (Fsp3) is 0.800. The van der Waals surface area contributed by atoms with Crippen molar-refractivity contribution < 1.29 is 0 Å². The average Bonchev–Trinajstić information content (AvgIpc) is 2.49. The van der Waals surface area contributed by atoms with Gasteiger partial charge in [-0.1, -0.05) is 20.3 Å². The van der Waals surface area contributed by atoms with Crippen LogP contribution in [-0.4, -0.2) is 41.1 Å². The number of nitrogens with zero attached hydrogens (tertiary/aromatic N) is 5. The molecule has 118 valence electrons. The highest BCUT2D eigenvalue weighted by Crippen LogP contribution is 2.35. The molecule has 0 unspecified atom stereocenters. The number of anilines is 3. The lowest BCUT2D eigenvalue weighted by molar-refractivity contribution is 0.237. The molecule has 2 N–H and O–H groups in total. The van der Waals surface area contributed by atoms with E-state index in [4.69, 9.17) is 5.73 Å². The first-order chi connectivity index (χ1) is 10.0. The van der Waals surface area contributed by atoms with Crippen LogP contribution in [0.2, 0.25) is 0 Å². The molecule has 6 nitrogen and oxygen atoms in total. The van der Waals surface area contributed by atoms with Crippen molar-refractivity contribution in [2.75, 3.05) is 41.7 Å². The van der Waals surface area contributed by atoms with Gasteiger partial charge in [-0.15, -0.1) is 0 Å². The van der Waals surface area contributed by atoms with E-state index in [0.717, 1.165) is 32.1 Å². The lowest BCUT2D eigenvalue weighted by atomic mass is 9.78. The van der Waals surface area contributed by atoms with E-state index in [2.05, 4.69) is 52.4 Å². The van der Waals surface area contributed by atoms with Gasteiger partial charge >= 0.3 is 0 Å². The summed E-state index contributed by atoms with van der Waals surface area (Å²) in [5.41, 5.74) is 6.33. The Morgan fingerprint density at radius 3 is 2.24 bits per heavy atom. The number of hydrogen-bond acceptors (Lipinski definition) is 6. The summed E-state index contributed by atoms with van der Waals surface area (Å²) in [5.74, 6) is 1.72. The second-order valence-corrected chi connectivity index (χ2v) is 6.12. The number of piperidine rings is 1. The second kappa shape index (κ2) is 6.45. The molecule has 21 heavy (non-hydrogen) atoms. The Kier molecular flexibility index (Phi) is 4.85. The van der Waals surface area contributed by atoms with Crippen molar-refractivity contribution in [3.63, 3.8) is 0 Å². The van der Waals surface area contributed by atoms with Crippen molar-refractivity contribution in [3.05, 3.63) is 0 Å². The van der Waals surface area contributed by atoms with Crippen LogP contribution in [-0.2, 0) is 0 Å². The molecule has 1 aromatic heterocycles. The van der Waals surface area contributed by atoms with Crippen LogP contribution in [0.3, 0.4) is 0 Å². The predicted octanol–water partition coefficient (Wildman–Crippen LogP) is 2.32. The van der Waals surface area contributed by atoms with Gasteiger partial charge in [0, 0.05) is 26.2 Å². The molecule has 0 saturated carbocycles. The minimum Gasteiger partial charge on any atom is -0.368 e. The number of aromatic nitrogens is 3. The van der Waals surface area contributed by atoms with Gasteiger partial charge in [-0.25, -0.2) is 0 Å². The summed E-state index contributed by atoms with van der Waals surface area (Å²) in [4.78, 5) is 17.6. The SMILES string of the molecule is CCN(CC)c1nc(N)nc(N2CCC(C)(CC)CC2)n1. The standard InChI is InChI=1S/C15H28N6/c1-5-15(4)8-10-21(11-9-15)14-18-12(16)17-13(19-14)20(6-2)7-3/h5-11H2,1-4H3,(H2,16,17,18,19). The molecular formula is C15H28N6. The van der Waals surface area contributed by atoms with E-state index in [1.165, 1.54) is 19.3 Å². The van der Waals surface area contributed by atoms with Gasteiger partial charge in [0.1, 0.15) is 0 Å². The molecule has 0 aromatic carbocycles. The van der Waals surface area contributed by atoms with Crippen molar-refractivity contribution in [1.82, 2.24) is 15.0 Å². The normalized spacial score (nSPS) is 17.8. The van der Waals surface area contributed by atoms with Crippen molar-refractivity contribution in [2.45, 2.75) is 47.0 Å². The van der Waals surface area contributed by atoms with E-state index in [9.17, 15) is 0 Å². The van der Waals surface area contributed by atoms with Gasteiger partial charge < -0.3 is 15.5 Å². The number of hydrogen-bond donors (Lipinski definition) is 1.